The summed E-state index contributed by atoms with van der Waals surface area (Å²) < 4.78 is 1.94. The Balaban J connectivity index is 1.41. The molecule has 2 aromatic rings. The fourth-order valence-electron chi connectivity index (χ4n) is 4.16. The van der Waals surface area contributed by atoms with E-state index < -0.39 is 0 Å². The van der Waals surface area contributed by atoms with Gasteiger partial charge in [-0.25, -0.2) is 10.1 Å². The summed E-state index contributed by atoms with van der Waals surface area (Å²) in [6.45, 7) is 7.94. The lowest BCUT2D eigenvalue weighted by Crippen LogP contribution is -2.49. The smallest absolute Gasteiger partial charge is 0.239 e. The molecule has 0 saturated carbocycles. The average Bonchev–Trinajstić information content (AvgIpc) is 3.24. The SMILES string of the molecule is Cc1cc(C)n(-c2ccc(C(C)NC(=O)C3NNC4CCNCC43)cc2)n1. The molecule has 1 aromatic heterocycles. The van der Waals surface area contributed by atoms with Crippen LogP contribution in [0.5, 0.6) is 0 Å². The van der Waals surface area contributed by atoms with Crippen LogP contribution in [0.3, 0.4) is 0 Å². The van der Waals surface area contributed by atoms with Crippen molar-refractivity contribution in [2.24, 2.45) is 5.92 Å². The molecule has 0 aliphatic carbocycles. The van der Waals surface area contributed by atoms with Gasteiger partial charge in [-0.15, -0.1) is 0 Å². The largest absolute Gasteiger partial charge is 0.348 e. The maximum atomic E-state index is 12.8. The average molecular weight is 368 g/mol. The highest BCUT2D eigenvalue weighted by Crippen LogP contribution is 2.22. The zero-order chi connectivity index (χ0) is 19.0. The molecule has 4 rings (SSSR count). The highest BCUT2D eigenvalue weighted by Gasteiger charge is 2.41. The number of aryl methyl sites for hydroxylation is 2. The number of benzene rings is 1. The molecule has 1 aromatic carbocycles. The Kier molecular flexibility index (Phi) is 4.99. The zero-order valence-corrected chi connectivity index (χ0v) is 16.1. The summed E-state index contributed by atoms with van der Waals surface area (Å²) in [6, 6.07) is 10.4. The third-order valence-corrected chi connectivity index (χ3v) is 5.67. The van der Waals surface area contributed by atoms with Crippen molar-refractivity contribution in [3.05, 3.63) is 47.3 Å². The van der Waals surface area contributed by atoms with Crippen LogP contribution in [0, 0.1) is 19.8 Å². The van der Waals surface area contributed by atoms with Gasteiger partial charge in [0.1, 0.15) is 6.04 Å². The second-order valence-corrected chi connectivity index (χ2v) is 7.69. The summed E-state index contributed by atoms with van der Waals surface area (Å²) in [4.78, 5) is 12.8. The normalized spacial score (nSPS) is 25.8. The lowest BCUT2D eigenvalue weighted by molar-refractivity contribution is -0.124. The second kappa shape index (κ2) is 7.42. The predicted molar refractivity (Wildman–Crippen MR) is 104 cm³/mol. The molecule has 2 aliphatic heterocycles. The molecule has 144 valence electrons. The summed E-state index contributed by atoms with van der Waals surface area (Å²) in [6.07, 6.45) is 1.05. The number of fused-ring (bicyclic) bond motifs is 1. The summed E-state index contributed by atoms with van der Waals surface area (Å²) in [5, 5.41) is 11.1. The molecule has 4 atom stereocenters. The molecule has 7 nitrogen and oxygen atoms in total. The van der Waals surface area contributed by atoms with E-state index in [1.165, 1.54) is 0 Å². The minimum atomic E-state index is -0.195. The first kappa shape index (κ1) is 18.2. The van der Waals surface area contributed by atoms with Crippen molar-refractivity contribution in [3.8, 4) is 5.69 Å². The van der Waals surface area contributed by atoms with Gasteiger partial charge in [0.2, 0.25) is 5.91 Å². The number of hydrogen-bond donors (Lipinski definition) is 4. The number of nitrogens with one attached hydrogen (secondary N) is 4. The molecular weight excluding hydrogens is 340 g/mol. The van der Waals surface area contributed by atoms with Gasteiger partial charge in [-0.05, 0) is 57.5 Å². The second-order valence-electron chi connectivity index (χ2n) is 7.69. The quantitative estimate of drug-likeness (QED) is 0.650. The maximum absolute atomic E-state index is 12.8. The third kappa shape index (κ3) is 3.63. The molecule has 0 radical (unpaired) electrons. The number of aromatic nitrogens is 2. The van der Waals surface area contributed by atoms with E-state index in [2.05, 4.69) is 44.8 Å². The number of hydrogen-bond acceptors (Lipinski definition) is 5. The molecule has 3 heterocycles. The van der Waals surface area contributed by atoms with Gasteiger partial charge in [0.05, 0.1) is 17.4 Å². The summed E-state index contributed by atoms with van der Waals surface area (Å²) in [7, 11) is 0. The van der Waals surface area contributed by atoms with Crippen molar-refractivity contribution in [1.29, 1.82) is 0 Å². The Morgan fingerprint density at radius 3 is 2.74 bits per heavy atom. The number of nitrogens with zero attached hydrogens (tertiary/aromatic N) is 2. The number of carbonyl (C=O) groups excluding carboxylic acids is 1. The third-order valence-electron chi connectivity index (χ3n) is 5.67. The van der Waals surface area contributed by atoms with Crippen molar-refractivity contribution in [2.75, 3.05) is 13.1 Å². The van der Waals surface area contributed by atoms with Gasteiger partial charge in [-0.1, -0.05) is 12.1 Å². The molecule has 4 unspecified atom stereocenters. The molecule has 4 N–H and O–H groups in total. The highest BCUT2D eigenvalue weighted by atomic mass is 16.2. The van der Waals surface area contributed by atoms with E-state index in [4.69, 9.17) is 0 Å². The van der Waals surface area contributed by atoms with Gasteiger partial charge >= 0.3 is 0 Å². The van der Waals surface area contributed by atoms with Crippen LogP contribution in [0.2, 0.25) is 0 Å². The fraction of sp³-hybridized carbons (Fsp3) is 0.500. The van der Waals surface area contributed by atoms with Crippen LogP contribution in [0.1, 0.15) is 36.3 Å². The topological polar surface area (TPSA) is 83.0 Å². The van der Waals surface area contributed by atoms with Gasteiger partial charge in [0, 0.05) is 24.2 Å². The lowest BCUT2D eigenvalue weighted by atomic mass is 9.89. The predicted octanol–water partition coefficient (Wildman–Crippen LogP) is 1.12. The maximum Gasteiger partial charge on any atom is 0.239 e. The van der Waals surface area contributed by atoms with Crippen molar-refractivity contribution < 1.29 is 4.79 Å². The van der Waals surface area contributed by atoms with Gasteiger partial charge < -0.3 is 10.6 Å². The van der Waals surface area contributed by atoms with Crippen LogP contribution < -0.4 is 21.5 Å². The van der Waals surface area contributed by atoms with Crippen molar-refractivity contribution >= 4 is 5.91 Å². The molecule has 0 bridgehead atoms. The van der Waals surface area contributed by atoms with E-state index >= 15 is 0 Å². The van der Waals surface area contributed by atoms with Crippen molar-refractivity contribution in [2.45, 2.75) is 45.3 Å². The first-order valence-corrected chi connectivity index (χ1v) is 9.68. The van der Waals surface area contributed by atoms with Crippen LogP contribution in [-0.4, -0.2) is 40.9 Å². The van der Waals surface area contributed by atoms with Gasteiger partial charge in [0.15, 0.2) is 0 Å². The fourth-order valence-corrected chi connectivity index (χ4v) is 4.16. The minimum Gasteiger partial charge on any atom is -0.348 e. The van der Waals surface area contributed by atoms with Gasteiger partial charge in [-0.2, -0.15) is 5.10 Å². The zero-order valence-electron chi connectivity index (χ0n) is 16.1. The van der Waals surface area contributed by atoms with E-state index in [1.54, 1.807) is 0 Å². The summed E-state index contributed by atoms with van der Waals surface area (Å²) in [5.74, 6) is 0.341. The Morgan fingerprint density at radius 2 is 2.04 bits per heavy atom. The van der Waals surface area contributed by atoms with Crippen LogP contribution in [0.4, 0.5) is 0 Å². The number of piperidine rings is 1. The molecule has 2 saturated heterocycles. The Labute approximate surface area is 159 Å². The highest BCUT2D eigenvalue weighted by molar-refractivity contribution is 5.83. The van der Waals surface area contributed by atoms with Crippen molar-refractivity contribution in [3.63, 3.8) is 0 Å². The van der Waals surface area contributed by atoms with Crippen LogP contribution >= 0.6 is 0 Å². The van der Waals surface area contributed by atoms with Gasteiger partial charge in [0.25, 0.3) is 0 Å². The standard InChI is InChI=1S/C20H28N6O/c1-12-10-13(2)26(25-12)16-6-4-15(5-7-16)14(3)22-20(27)19-17-11-21-9-8-18(17)23-24-19/h4-7,10,14,17-19,21,23-24H,8-9,11H2,1-3H3,(H,22,27). The monoisotopic (exact) mass is 368 g/mol. The number of carbonyl (C=O) groups is 1. The number of hydrazine groups is 1. The van der Waals surface area contributed by atoms with Crippen molar-refractivity contribution in [1.82, 2.24) is 31.3 Å². The van der Waals surface area contributed by atoms with E-state index in [9.17, 15) is 4.79 Å². The van der Waals surface area contributed by atoms with Crippen LogP contribution in [0.15, 0.2) is 30.3 Å². The van der Waals surface area contributed by atoms with Gasteiger partial charge in [-0.3, -0.25) is 10.2 Å². The lowest BCUT2D eigenvalue weighted by Gasteiger charge is -2.28. The van der Waals surface area contributed by atoms with Crippen LogP contribution in [-0.2, 0) is 4.79 Å². The van der Waals surface area contributed by atoms with E-state index in [0.717, 1.165) is 42.1 Å². The summed E-state index contributed by atoms with van der Waals surface area (Å²) in [5.41, 5.74) is 10.7. The molecule has 0 spiro atoms. The molecule has 1 amide bonds. The molecule has 27 heavy (non-hydrogen) atoms. The van der Waals surface area contributed by atoms with E-state index in [-0.39, 0.29) is 18.0 Å². The number of rotatable bonds is 4. The summed E-state index contributed by atoms with van der Waals surface area (Å²) >= 11 is 0. The Morgan fingerprint density at radius 1 is 1.26 bits per heavy atom. The molecule has 2 aliphatic rings. The number of amides is 1. The molecule has 7 heteroatoms. The molecule has 2 fully saturated rings. The minimum absolute atomic E-state index is 0.0498. The first-order valence-electron chi connectivity index (χ1n) is 9.68. The molecular formula is C20H28N6O. The van der Waals surface area contributed by atoms with E-state index in [1.807, 2.05) is 37.6 Å². The Hall–Kier alpha value is -2.22. The van der Waals surface area contributed by atoms with E-state index in [0.29, 0.717) is 12.0 Å². The first-order chi connectivity index (χ1) is 13.0. The van der Waals surface area contributed by atoms with Crippen LogP contribution in [0.25, 0.3) is 5.69 Å². The Bertz CT molecular complexity index is 814.